The highest BCUT2D eigenvalue weighted by molar-refractivity contribution is 7.12. The molecule has 5 nitrogen and oxygen atoms in total. The number of para-hydroxylation sites is 1. The summed E-state index contributed by atoms with van der Waals surface area (Å²) < 4.78 is 11.2. The van der Waals surface area contributed by atoms with Crippen LogP contribution in [-0.4, -0.2) is 18.9 Å². The Bertz CT molecular complexity index is 1210. The van der Waals surface area contributed by atoms with Gasteiger partial charge in [0.05, 0.1) is 23.6 Å². The Balaban J connectivity index is 1.77. The maximum absolute atomic E-state index is 13.4. The van der Waals surface area contributed by atoms with Crippen molar-refractivity contribution in [2.24, 2.45) is 5.41 Å². The summed E-state index contributed by atoms with van der Waals surface area (Å²) in [5, 5.41) is 3.92. The summed E-state index contributed by atoms with van der Waals surface area (Å²) in [5.74, 6) is -0.157. The number of Topliss-reactive ketones (excluding diaryl/α,β-unsaturated/α-hetero) is 1. The van der Waals surface area contributed by atoms with Gasteiger partial charge >= 0.3 is 5.97 Å². The van der Waals surface area contributed by atoms with Gasteiger partial charge in [-0.3, -0.25) is 4.79 Å². The summed E-state index contributed by atoms with van der Waals surface area (Å²) in [5.41, 5.74) is 3.74. The van der Waals surface area contributed by atoms with Gasteiger partial charge in [-0.2, -0.15) is 0 Å². The number of rotatable bonds is 6. The lowest BCUT2D eigenvalue weighted by Gasteiger charge is -2.39. The maximum Gasteiger partial charge on any atom is 0.336 e. The molecule has 0 saturated carbocycles. The first-order chi connectivity index (χ1) is 16.1. The van der Waals surface area contributed by atoms with Crippen LogP contribution < -0.4 is 10.1 Å². The highest BCUT2D eigenvalue weighted by Crippen LogP contribution is 2.48. The van der Waals surface area contributed by atoms with Gasteiger partial charge in [0.1, 0.15) is 12.4 Å². The predicted molar refractivity (Wildman–Crippen MR) is 135 cm³/mol. The van der Waals surface area contributed by atoms with Crippen molar-refractivity contribution in [1.29, 1.82) is 0 Å². The Labute approximate surface area is 209 Å². The third-order valence-corrected chi connectivity index (χ3v) is 8.08. The van der Waals surface area contributed by atoms with Crippen LogP contribution in [0.5, 0.6) is 5.75 Å². The van der Waals surface area contributed by atoms with Crippen LogP contribution in [0.15, 0.2) is 52.9 Å². The van der Waals surface area contributed by atoms with E-state index in [-0.39, 0.29) is 11.2 Å². The number of thiophene rings is 1. The fourth-order valence-electron chi connectivity index (χ4n) is 4.87. The van der Waals surface area contributed by atoms with E-state index < -0.39 is 11.9 Å². The first-order valence-corrected chi connectivity index (χ1v) is 12.7. The Morgan fingerprint density at radius 1 is 1.26 bits per heavy atom. The number of halogens is 1. The van der Waals surface area contributed by atoms with E-state index in [2.05, 4.69) is 32.2 Å². The molecule has 1 aromatic carbocycles. The van der Waals surface area contributed by atoms with Gasteiger partial charge < -0.3 is 14.8 Å². The molecule has 0 bridgehead atoms. The number of hydrogen-bond acceptors (Lipinski definition) is 6. The van der Waals surface area contributed by atoms with E-state index in [1.54, 1.807) is 17.4 Å². The van der Waals surface area contributed by atoms with Crippen molar-refractivity contribution >= 4 is 34.7 Å². The molecular weight excluding hydrogens is 470 g/mol. The molecule has 1 aliphatic carbocycles. The molecule has 0 saturated heterocycles. The first kappa shape index (κ1) is 24.6. The first-order valence-electron chi connectivity index (χ1n) is 11.5. The second-order valence-electron chi connectivity index (χ2n) is 9.59. The number of carbonyl (C=O) groups is 2. The number of aryl methyl sites for hydroxylation is 1. The normalized spacial score (nSPS) is 19.6. The lowest BCUT2D eigenvalue weighted by Crippen LogP contribution is -2.38. The van der Waals surface area contributed by atoms with E-state index in [1.807, 2.05) is 25.1 Å². The number of allylic oxidation sites excluding steroid dienone is 3. The molecule has 0 radical (unpaired) electrons. The molecule has 1 aromatic heterocycles. The third-order valence-electron chi connectivity index (χ3n) is 6.39. The number of ether oxygens (including phenoxy) is 2. The van der Waals surface area contributed by atoms with Gasteiger partial charge in [-0.15, -0.1) is 11.3 Å². The summed E-state index contributed by atoms with van der Waals surface area (Å²) in [4.78, 5) is 28.4. The van der Waals surface area contributed by atoms with Crippen molar-refractivity contribution < 1.29 is 19.1 Å². The van der Waals surface area contributed by atoms with Crippen LogP contribution in [0.25, 0.3) is 0 Å². The van der Waals surface area contributed by atoms with Crippen LogP contribution >= 0.6 is 22.9 Å². The molecule has 0 unspecified atom stereocenters. The summed E-state index contributed by atoms with van der Waals surface area (Å²) in [6, 6.07) is 9.46. The molecule has 0 fully saturated rings. The zero-order valence-corrected chi connectivity index (χ0v) is 21.8. The Hall–Kier alpha value is -2.57. The summed E-state index contributed by atoms with van der Waals surface area (Å²) in [6.45, 7) is 8.54. The number of nitrogens with one attached hydrogen (secondary N) is 1. The van der Waals surface area contributed by atoms with Crippen LogP contribution in [0, 0.1) is 5.41 Å². The summed E-state index contributed by atoms with van der Waals surface area (Å²) in [6.07, 6.45) is 2.02. The zero-order chi connectivity index (χ0) is 24.6. The molecule has 180 valence electrons. The van der Waals surface area contributed by atoms with Crippen molar-refractivity contribution in [2.45, 2.75) is 59.5 Å². The number of esters is 1. The molecule has 2 heterocycles. The standard InChI is InChI=1S/C27H30ClNO4S/c1-6-21-16(14-33-20-10-8-7-9-17(20)28)11-22(34-21)25-23(26(31)32-5)15(2)29-18-12-27(3,4)13-19(30)24(18)25/h7-11,25,29H,6,12-14H2,1-5H3/t25-/m1/s1. The smallest absolute Gasteiger partial charge is 0.336 e. The van der Waals surface area contributed by atoms with E-state index in [4.69, 9.17) is 21.1 Å². The van der Waals surface area contributed by atoms with Crippen LogP contribution in [0.4, 0.5) is 0 Å². The molecule has 1 atom stereocenters. The Kier molecular flexibility index (Phi) is 6.92. The average Bonchev–Trinajstić information content (AvgIpc) is 3.19. The molecule has 2 aliphatic rings. The molecule has 34 heavy (non-hydrogen) atoms. The number of hydrogen-bond donors (Lipinski definition) is 1. The quantitative estimate of drug-likeness (QED) is 0.471. The van der Waals surface area contributed by atoms with Crippen molar-refractivity contribution in [2.75, 3.05) is 7.11 Å². The van der Waals surface area contributed by atoms with Gasteiger partial charge in [-0.1, -0.05) is 44.5 Å². The van der Waals surface area contributed by atoms with Gasteiger partial charge in [-0.25, -0.2) is 4.79 Å². The van der Waals surface area contributed by atoms with E-state index in [9.17, 15) is 9.59 Å². The maximum atomic E-state index is 13.4. The lowest BCUT2D eigenvalue weighted by molar-refractivity contribution is -0.136. The minimum absolute atomic E-state index is 0.0815. The highest BCUT2D eigenvalue weighted by atomic mass is 35.5. The fourth-order valence-corrected chi connectivity index (χ4v) is 6.29. The van der Waals surface area contributed by atoms with Gasteiger partial charge in [0.25, 0.3) is 0 Å². The number of carbonyl (C=O) groups excluding carboxylic acids is 2. The highest BCUT2D eigenvalue weighted by Gasteiger charge is 2.43. The molecule has 0 spiro atoms. The minimum Gasteiger partial charge on any atom is -0.487 e. The summed E-state index contributed by atoms with van der Waals surface area (Å²) in [7, 11) is 1.38. The Morgan fingerprint density at radius 3 is 2.68 bits per heavy atom. The molecule has 1 N–H and O–H groups in total. The van der Waals surface area contributed by atoms with Crippen LogP contribution in [0.3, 0.4) is 0 Å². The number of ketones is 1. The van der Waals surface area contributed by atoms with Crippen molar-refractivity contribution in [1.82, 2.24) is 5.32 Å². The number of benzene rings is 1. The predicted octanol–water partition coefficient (Wildman–Crippen LogP) is 6.32. The molecule has 4 rings (SSSR count). The van der Waals surface area contributed by atoms with Crippen molar-refractivity contribution in [3.8, 4) is 5.75 Å². The number of dihydropyridines is 1. The molecule has 2 aromatic rings. The van der Waals surface area contributed by atoms with Crippen LogP contribution in [0.2, 0.25) is 5.02 Å². The average molecular weight is 500 g/mol. The van der Waals surface area contributed by atoms with Crippen LogP contribution in [-0.2, 0) is 27.4 Å². The van der Waals surface area contributed by atoms with E-state index in [0.717, 1.165) is 39.6 Å². The van der Waals surface area contributed by atoms with E-state index in [0.29, 0.717) is 34.9 Å². The lowest BCUT2D eigenvalue weighted by atomic mass is 9.70. The van der Waals surface area contributed by atoms with E-state index >= 15 is 0 Å². The van der Waals surface area contributed by atoms with Gasteiger partial charge in [-0.05, 0) is 43.4 Å². The van der Waals surface area contributed by atoms with Crippen molar-refractivity contribution in [3.63, 3.8) is 0 Å². The molecule has 0 amide bonds. The molecule has 7 heteroatoms. The van der Waals surface area contributed by atoms with Crippen molar-refractivity contribution in [3.05, 3.63) is 73.2 Å². The fraction of sp³-hybridized carbons (Fsp3) is 0.407. The van der Waals surface area contributed by atoms with E-state index in [1.165, 1.54) is 7.11 Å². The topological polar surface area (TPSA) is 64.6 Å². The minimum atomic E-state index is -0.448. The second kappa shape index (κ2) is 9.59. The zero-order valence-electron chi connectivity index (χ0n) is 20.2. The SMILES string of the molecule is CCc1sc([C@@H]2C(C(=O)OC)=C(C)NC3=C2C(=O)CC(C)(C)C3)cc1COc1ccccc1Cl. The molecular formula is C27H30ClNO4S. The van der Waals surface area contributed by atoms with Gasteiger partial charge in [0.2, 0.25) is 0 Å². The van der Waals surface area contributed by atoms with Gasteiger partial charge in [0, 0.05) is 38.7 Å². The summed E-state index contributed by atoms with van der Waals surface area (Å²) >= 11 is 7.89. The second-order valence-corrected chi connectivity index (χ2v) is 11.2. The largest absolute Gasteiger partial charge is 0.487 e. The van der Waals surface area contributed by atoms with Gasteiger partial charge in [0.15, 0.2) is 5.78 Å². The Morgan fingerprint density at radius 2 is 2.00 bits per heavy atom. The third kappa shape index (κ3) is 4.66. The molecule has 1 aliphatic heterocycles. The number of methoxy groups -OCH3 is 1. The monoisotopic (exact) mass is 499 g/mol. The van der Waals surface area contributed by atoms with Crippen LogP contribution in [0.1, 0.15) is 61.8 Å².